The van der Waals surface area contributed by atoms with E-state index in [2.05, 4.69) is 6.92 Å². The van der Waals surface area contributed by atoms with Gasteiger partial charge in [-0.2, -0.15) is 0 Å². The van der Waals surface area contributed by atoms with Crippen LogP contribution in [-0.2, 0) is 9.59 Å². The molecule has 1 N–H and O–H groups in total. The summed E-state index contributed by atoms with van der Waals surface area (Å²) in [7, 11) is 0. The minimum absolute atomic E-state index is 0.152. The Morgan fingerprint density at radius 3 is 2.13 bits per heavy atom. The van der Waals surface area contributed by atoms with E-state index in [4.69, 9.17) is 5.11 Å². The van der Waals surface area contributed by atoms with Gasteiger partial charge in [0.25, 0.3) is 0 Å². The molecule has 0 aromatic rings. The second-order valence-electron chi connectivity index (χ2n) is 5.15. The molecular weight excluding hydrogens is 192 g/mol. The summed E-state index contributed by atoms with van der Waals surface area (Å²) in [4.78, 5) is 22.6. The molecule has 2 atom stereocenters. The van der Waals surface area contributed by atoms with Crippen LogP contribution in [0.1, 0.15) is 39.0 Å². The number of ketones is 1. The highest BCUT2D eigenvalue weighted by Crippen LogP contribution is 2.43. The average molecular weight is 210 g/mol. The number of rotatable bonds is 3. The largest absolute Gasteiger partial charge is 0.481 e. The number of aliphatic carboxylic acids is 1. The molecule has 0 amide bonds. The molecule has 0 aromatic carbocycles. The summed E-state index contributed by atoms with van der Waals surface area (Å²) in [5.41, 5.74) is 0. The third-order valence-corrected chi connectivity index (χ3v) is 3.89. The molecule has 0 unspecified atom stereocenters. The Morgan fingerprint density at radius 1 is 1.07 bits per heavy atom. The lowest BCUT2D eigenvalue weighted by Crippen LogP contribution is -2.23. The third-order valence-electron chi connectivity index (χ3n) is 3.89. The van der Waals surface area contributed by atoms with E-state index in [0.717, 1.165) is 31.6 Å². The van der Waals surface area contributed by atoms with Gasteiger partial charge >= 0.3 is 5.97 Å². The van der Waals surface area contributed by atoms with E-state index in [1.807, 2.05) is 0 Å². The van der Waals surface area contributed by atoms with Gasteiger partial charge in [-0.1, -0.05) is 19.8 Å². The second-order valence-corrected chi connectivity index (χ2v) is 5.15. The van der Waals surface area contributed by atoms with Crippen molar-refractivity contribution in [1.82, 2.24) is 0 Å². The number of carbonyl (C=O) groups excluding carboxylic acids is 1. The van der Waals surface area contributed by atoms with Crippen LogP contribution in [-0.4, -0.2) is 16.9 Å². The number of hydrogen-bond acceptors (Lipinski definition) is 2. The van der Waals surface area contributed by atoms with E-state index in [-0.39, 0.29) is 23.5 Å². The van der Waals surface area contributed by atoms with Crippen LogP contribution in [0, 0.1) is 23.7 Å². The van der Waals surface area contributed by atoms with Crippen molar-refractivity contribution in [3.63, 3.8) is 0 Å². The number of carbonyl (C=O) groups is 2. The zero-order valence-corrected chi connectivity index (χ0v) is 9.11. The SMILES string of the molecule is CC1CCC(C(=O)[C@H]2C[C@H]2C(=O)O)CC1. The predicted molar refractivity (Wildman–Crippen MR) is 55.4 cm³/mol. The molecule has 84 valence electrons. The summed E-state index contributed by atoms with van der Waals surface area (Å²) in [6.45, 7) is 2.22. The van der Waals surface area contributed by atoms with Crippen LogP contribution in [0.25, 0.3) is 0 Å². The fourth-order valence-electron chi connectivity index (χ4n) is 2.63. The highest BCUT2D eigenvalue weighted by molar-refractivity contribution is 5.92. The molecular formula is C12H18O3. The van der Waals surface area contributed by atoms with E-state index < -0.39 is 5.97 Å². The zero-order chi connectivity index (χ0) is 11.0. The summed E-state index contributed by atoms with van der Waals surface area (Å²) in [5.74, 6) is -0.177. The quantitative estimate of drug-likeness (QED) is 0.776. The minimum atomic E-state index is -0.794. The zero-order valence-electron chi connectivity index (χ0n) is 9.11. The van der Waals surface area contributed by atoms with Crippen LogP contribution in [0.2, 0.25) is 0 Å². The molecule has 0 bridgehead atoms. The Labute approximate surface area is 89.9 Å². The molecule has 15 heavy (non-hydrogen) atoms. The molecule has 3 nitrogen and oxygen atoms in total. The van der Waals surface area contributed by atoms with E-state index in [0.29, 0.717) is 6.42 Å². The van der Waals surface area contributed by atoms with Crippen molar-refractivity contribution < 1.29 is 14.7 Å². The van der Waals surface area contributed by atoms with Gasteiger partial charge in [-0.3, -0.25) is 9.59 Å². The summed E-state index contributed by atoms with van der Waals surface area (Å²) in [6.07, 6.45) is 4.79. The maximum atomic E-state index is 11.9. The Balaban J connectivity index is 1.85. The van der Waals surface area contributed by atoms with Crippen molar-refractivity contribution in [1.29, 1.82) is 0 Å². The molecule has 2 rings (SSSR count). The van der Waals surface area contributed by atoms with Crippen LogP contribution in [0.3, 0.4) is 0 Å². The van der Waals surface area contributed by atoms with E-state index >= 15 is 0 Å². The van der Waals surface area contributed by atoms with Gasteiger partial charge in [-0.05, 0) is 25.2 Å². The third kappa shape index (κ3) is 2.21. The lowest BCUT2D eigenvalue weighted by molar-refractivity contribution is -0.140. The normalized spacial score (nSPS) is 39.8. The van der Waals surface area contributed by atoms with E-state index in [1.165, 1.54) is 0 Å². The molecule has 2 aliphatic carbocycles. The smallest absolute Gasteiger partial charge is 0.307 e. The molecule has 0 heterocycles. The average Bonchev–Trinajstić information content (AvgIpc) is 2.97. The molecule has 0 aromatic heterocycles. The molecule has 0 spiro atoms. The van der Waals surface area contributed by atoms with Crippen LogP contribution in [0.5, 0.6) is 0 Å². The fourth-order valence-corrected chi connectivity index (χ4v) is 2.63. The van der Waals surface area contributed by atoms with Gasteiger partial charge in [0.15, 0.2) is 0 Å². The van der Waals surface area contributed by atoms with E-state index in [9.17, 15) is 9.59 Å². The van der Waals surface area contributed by atoms with Crippen LogP contribution < -0.4 is 0 Å². The summed E-state index contributed by atoms with van der Waals surface area (Å²) in [6, 6.07) is 0. The van der Waals surface area contributed by atoms with Crippen molar-refractivity contribution in [2.45, 2.75) is 39.0 Å². The first-order valence-electron chi connectivity index (χ1n) is 5.86. The molecule has 0 saturated heterocycles. The predicted octanol–water partition coefficient (Wildman–Crippen LogP) is 2.10. The highest BCUT2D eigenvalue weighted by Gasteiger charge is 2.49. The number of carboxylic acids is 1. The Hall–Kier alpha value is -0.860. The first kappa shape index (κ1) is 10.7. The number of Topliss-reactive ketones (excluding diaryl/α,β-unsaturated/α-hetero) is 1. The van der Waals surface area contributed by atoms with Crippen LogP contribution >= 0.6 is 0 Å². The maximum Gasteiger partial charge on any atom is 0.307 e. The first-order chi connectivity index (χ1) is 7.09. The van der Waals surface area contributed by atoms with Crippen LogP contribution in [0.4, 0.5) is 0 Å². The van der Waals surface area contributed by atoms with Crippen molar-refractivity contribution in [3.8, 4) is 0 Å². The molecule has 2 fully saturated rings. The molecule has 0 aliphatic heterocycles. The van der Waals surface area contributed by atoms with Crippen LogP contribution in [0.15, 0.2) is 0 Å². The Bertz CT molecular complexity index is 277. The lowest BCUT2D eigenvalue weighted by Gasteiger charge is -2.25. The van der Waals surface area contributed by atoms with Crippen molar-refractivity contribution >= 4 is 11.8 Å². The summed E-state index contributed by atoms with van der Waals surface area (Å²) < 4.78 is 0. The topological polar surface area (TPSA) is 54.4 Å². The van der Waals surface area contributed by atoms with Crippen molar-refractivity contribution in [2.75, 3.05) is 0 Å². The molecule has 0 radical (unpaired) electrons. The first-order valence-corrected chi connectivity index (χ1v) is 5.86. The Kier molecular flexibility index (Phi) is 2.81. The van der Waals surface area contributed by atoms with Gasteiger partial charge in [0.05, 0.1) is 5.92 Å². The van der Waals surface area contributed by atoms with Gasteiger partial charge in [-0.15, -0.1) is 0 Å². The van der Waals surface area contributed by atoms with Crippen molar-refractivity contribution in [3.05, 3.63) is 0 Å². The standard InChI is InChI=1S/C12H18O3/c1-7-2-4-8(5-3-7)11(13)9-6-10(9)12(14)15/h7-10H,2-6H2,1H3,(H,14,15)/t7?,8?,9-,10+/m0/s1. The minimum Gasteiger partial charge on any atom is -0.481 e. The fraction of sp³-hybridized carbons (Fsp3) is 0.833. The number of carboxylic acid groups (broad SMARTS) is 1. The van der Waals surface area contributed by atoms with Gasteiger partial charge in [-0.25, -0.2) is 0 Å². The summed E-state index contributed by atoms with van der Waals surface area (Å²) >= 11 is 0. The maximum absolute atomic E-state index is 11.9. The van der Waals surface area contributed by atoms with Gasteiger partial charge in [0.2, 0.25) is 0 Å². The molecule has 2 saturated carbocycles. The van der Waals surface area contributed by atoms with Crippen molar-refractivity contribution in [2.24, 2.45) is 23.7 Å². The number of hydrogen-bond donors (Lipinski definition) is 1. The van der Waals surface area contributed by atoms with E-state index in [1.54, 1.807) is 0 Å². The van der Waals surface area contributed by atoms with Gasteiger partial charge in [0.1, 0.15) is 5.78 Å². The lowest BCUT2D eigenvalue weighted by atomic mass is 9.79. The van der Waals surface area contributed by atoms with Gasteiger partial charge < -0.3 is 5.11 Å². The molecule has 3 heteroatoms. The monoisotopic (exact) mass is 210 g/mol. The molecule has 2 aliphatic rings. The summed E-state index contributed by atoms with van der Waals surface area (Å²) in [5, 5.41) is 8.76. The van der Waals surface area contributed by atoms with Gasteiger partial charge in [0, 0.05) is 11.8 Å². The second kappa shape index (κ2) is 3.95. The Morgan fingerprint density at radius 2 is 1.67 bits per heavy atom. The highest BCUT2D eigenvalue weighted by atomic mass is 16.4.